The fourth-order valence-electron chi connectivity index (χ4n) is 2.25. The number of amides is 1. The molecule has 3 heteroatoms. The molecule has 18 heavy (non-hydrogen) atoms. The van der Waals surface area contributed by atoms with Crippen molar-refractivity contribution in [1.29, 1.82) is 0 Å². The standard InChI is InChI=1S/C15H21NO2/c17-15(16-11-6-1-2-7-12-16)10-13-18-14-8-4-3-5-9-14/h3-5,8-9H,1-2,6-7,10-13H2. The minimum Gasteiger partial charge on any atom is -0.493 e. The van der Waals surface area contributed by atoms with E-state index >= 15 is 0 Å². The highest BCUT2D eigenvalue weighted by molar-refractivity contribution is 5.76. The lowest BCUT2D eigenvalue weighted by molar-refractivity contribution is -0.131. The summed E-state index contributed by atoms with van der Waals surface area (Å²) in [6.45, 7) is 2.31. The van der Waals surface area contributed by atoms with Crippen molar-refractivity contribution in [3.05, 3.63) is 30.3 Å². The van der Waals surface area contributed by atoms with E-state index in [0.29, 0.717) is 13.0 Å². The molecule has 1 fully saturated rings. The summed E-state index contributed by atoms with van der Waals surface area (Å²) in [5.74, 6) is 1.06. The van der Waals surface area contributed by atoms with E-state index in [-0.39, 0.29) is 5.91 Å². The molecule has 0 N–H and O–H groups in total. The lowest BCUT2D eigenvalue weighted by Crippen LogP contribution is -2.32. The quantitative estimate of drug-likeness (QED) is 0.818. The third-order valence-corrected chi connectivity index (χ3v) is 3.29. The van der Waals surface area contributed by atoms with Crippen LogP contribution in [-0.2, 0) is 4.79 Å². The van der Waals surface area contributed by atoms with Crippen LogP contribution in [0.2, 0.25) is 0 Å². The number of carbonyl (C=O) groups is 1. The van der Waals surface area contributed by atoms with Crippen LogP contribution in [0.3, 0.4) is 0 Å². The van der Waals surface area contributed by atoms with Crippen molar-refractivity contribution in [2.75, 3.05) is 19.7 Å². The average Bonchev–Trinajstić information content (AvgIpc) is 2.69. The van der Waals surface area contributed by atoms with Gasteiger partial charge in [-0.2, -0.15) is 0 Å². The maximum atomic E-state index is 12.0. The molecule has 0 spiro atoms. The largest absolute Gasteiger partial charge is 0.493 e. The Balaban J connectivity index is 1.71. The second kappa shape index (κ2) is 7.04. The van der Waals surface area contributed by atoms with Crippen molar-refractivity contribution in [3.63, 3.8) is 0 Å². The number of ether oxygens (including phenoxy) is 1. The first-order valence-electron chi connectivity index (χ1n) is 6.82. The van der Waals surface area contributed by atoms with Gasteiger partial charge < -0.3 is 9.64 Å². The smallest absolute Gasteiger partial charge is 0.225 e. The van der Waals surface area contributed by atoms with E-state index < -0.39 is 0 Å². The van der Waals surface area contributed by atoms with Crippen LogP contribution < -0.4 is 4.74 Å². The summed E-state index contributed by atoms with van der Waals surface area (Å²) >= 11 is 0. The molecular weight excluding hydrogens is 226 g/mol. The third-order valence-electron chi connectivity index (χ3n) is 3.29. The van der Waals surface area contributed by atoms with Gasteiger partial charge in [-0.15, -0.1) is 0 Å². The highest BCUT2D eigenvalue weighted by atomic mass is 16.5. The fraction of sp³-hybridized carbons (Fsp3) is 0.533. The molecule has 0 saturated carbocycles. The van der Waals surface area contributed by atoms with Crippen molar-refractivity contribution < 1.29 is 9.53 Å². The number of rotatable bonds is 4. The Labute approximate surface area is 109 Å². The Bertz CT molecular complexity index is 356. The number of carbonyl (C=O) groups excluding carboxylic acids is 1. The molecule has 2 rings (SSSR count). The zero-order chi connectivity index (χ0) is 12.6. The van der Waals surface area contributed by atoms with E-state index in [2.05, 4.69) is 0 Å². The number of hydrogen-bond acceptors (Lipinski definition) is 2. The van der Waals surface area contributed by atoms with Gasteiger partial charge in [0.25, 0.3) is 0 Å². The van der Waals surface area contributed by atoms with Gasteiger partial charge in [0, 0.05) is 13.1 Å². The minimum absolute atomic E-state index is 0.229. The van der Waals surface area contributed by atoms with Gasteiger partial charge in [0.05, 0.1) is 13.0 Å². The van der Waals surface area contributed by atoms with Gasteiger partial charge in [-0.3, -0.25) is 4.79 Å². The van der Waals surface area contributed by atoms with E-state index in [4.69, 9.17) is 4.74 Å². The molecule has 0 aromatic heterocycles. The van der Waals surface area contributed by atoms with Crippen molar-refractivity contribution >= 4 is 5.91 Å². The molecule has 1 saturated heterocycles. The Kier molecular flexibility index (Phi) is 5.06. The maximum absolute atomic E-state index is 12.0. The first kappa shape index (κ1) is 12.9. The van der Waals surface area contributed by atoms with E-state index in [0.717, 1.165) is 31.7 Å². The Morgan fingerprint density at radius 3 is 2.39 bits per heavy atom. The molecule has 0 aliphatic carbocycles. The lowest BCUT2D eigenvalue weighted by atomic mass is 10.2. The van der Waals surface area contributed by atoms with Gasteiger partial charge in [-0.25, -0.2) is 0 Å². The number of likely N-dealkylation sites (tertiary alicyclic amines) is 1. The van der Waals surface area contributed by atoms with E-state index in [1.54, 1.807) is 0 Å². The van der Waals surface area contributed by atoms with Gasteiger partial charge in [0.1, 0.15) is 5.75 Å². The fourth-order valence-corrected chi connectivity index (χ4v) is 2.25. The zero-order valence-electron chi connectivity index (χ0n) is 10.8. The van der Waals surface area contributed by atoms with Crippen LogP contribution in [0.1, 0.15) is 32.1 Å². The maximum Gasteiger partial charge on any atom is 0.225 e. The number of benzene rings is 1. The van der Waals surface area contributed by atoms with Gasteiger partial charge in [-0.1, -0.05) is 31.0 Å². The van der Waals surface area contributed by atoms with Crippen LogP contribution in [-0.4, -0.2) is 30.5 Å². The third kappa shape index (κ3) is 4.06. The molecule has 0 atom stereocenters. The first-order valence-corrected chi connectivity index (χ1v) is 6.82. The number of nitrogens with zero attached hydrogens (tertiary/aromatic N) is 1. The average molecular weight is 247 g/mol. The summed E-state index contributed by atoms with van der Waals surface area (Å²) in [6.07, 6.45) is 5.28. The summed E-state index contributed by atoms with van der Waals surface area (Å²) in [5, 5.41) is 0. The van der Waals surface area contributed by atoms with Crippen LogP contribution >= 0.6 is 0 Å². The van der Waals surface area contributed by atoms with Gasteiger partial charge in [0.15, 0.2) is 0 Å². The van der Waals surface area contributed by atoms with E-state index in [9.17, 15) is 4.79 Å². The molecule has 1 aromatic carbocycles. The van der Waals surface area contributed by atoms with Crippen LogP contribution in [0.25, 0.3) is 0 Å². The van der Waals surface area contributed by atoms with Crippen LogP contribution in [0.4, 0.5) is 0 Å². The van der Waals surface area contributed by atoms with E-state index in [1.165, 1.54) is 12.8 Å². The monoisotopic (exact) mass is 247 g/mol. The Morgan fingerprint density at radius 2 is 1.72 bits per heavy atom. The lowest BCUT2D eigenvalue weighted by Gasteiger charge is -2.20. The van der Waals surface area contributed by atoms with Crippen LogP contribution in [0.5, 0.6) is 5.75 Å². The predicted octanol–water partition coefficient (Wildman–Crippen LogP) is 2.86. The molecule has 0 bridgehead atoms. The second-order valence-electron chi connectivity index (χ2n) is 4.71. The number of hydrogen-bond donors (Lipinski definition) is 0. The SMILES string of the molecule is O=C(CCOc1ccccc1)N1CCCCCC1. The molecular formula is C15H21NO2. The first-order chi connectivity index (χ1) is 8.86. The Morgan fingerprint density at radius 1 is 1.06 bits per heavy atom. The summed E-state index contributed by atoms with van der Waals surface area (Å²) in [5.41, 5.74) is 0. The summed E-state index contributed by atoms with van der Waals surface area (Å²) in [6, 6.07) is 9.65. The van der Waals surface area contributed by atoms with Gasteiger partial charge >= 0.3 is 0 Å². The van der Waals surface area contributed by atoms with Gasteiger partial charge in [0.2, 0.25) is 5.91 Å². The molecule has 98 valence electrons. The summed E-state index contributed by atoms with van der Waals surface area (Å²) in [4.78, 5) is 14.0. The van der Waals surface area contributed by atoms with Crippen molar-refractivity contribution in [3.8, 4) is 5.75 Å². The minimum atomic E-state index is 0.229. The van der Waals surface area contributed by atoms with Crippen LogP contribution in [0, 0.1) is 0 Å². The summed E-state index contributed by atoms with van der Waals surface area (Å²) in [7, 11) is 0. The topological polar surface area (TPSA) is 29.5 Å². The number of para-hydroxylation sites is 1. The molecule has 0 radical (unpaired) electrons. The molecule has 3 nitrogen and oxygen atoms in total. The highest BCUT2D eigenvalue weighted by Crippen LogP contribution is 2.12. The van der Waals surface area contributed by atoms with Crippen molar-refractivity contribution in [2.45, 2.75) is 32.1 Å². The normalized spacial score (nSPS) is 16.1. The van der Waals surface area contributed by atoms with Crippen molar-refractivity contribution in [2.24, 2.45) is 0 Å². The van der Waals surface area contributed by atoms with Crippen LogP contribution in [0.15, 0.2) is 30.3 Å². The zero-order valence-corrected chi connectivity index (χ0v) is 10.8. The summed E-state index contributed by atoms with van der Waals surface area (Å²) < 4.78 is 5.55. The molecule has 1 heterocycles. The molecule has 1 aliphatic heterocycles. The van der Waals surface area contributed by atoms with E-state index in [1.807, 2.05) is 35.2 Å². The predicted molar refractivity (Wildman–Crippen MR) is 71.6 cm³/mol. The highest BCUT2D eigenvalue weighted by Gasteiger charge is 2.14. The Hall–Kier alpha value is -1.51. The van der Waals surface area contributed by atoms with Crippen molar-refractivity contribution in [1.82, 2.24) is 4.90 Å². The molecule has 0 unspecified atom stereocenters. The second-order valence-corrected chi connectivity index (χ2v) is 4.71. The molecule has 1 aliphatic rings. The molecule has 1 amide bonds. The molecule has 1 aromatic rings. The van der Waals surface area contributed by atoms with Gasteiger partial charge in [-0.05, 0) is 25.0 Å².